The highest BCUT2D eigenvalue weighted by Gasteiger charge is 2.33. The molecule has 0 fully saturated rings. The van der Waals surface area contributed by atoms with Crippen molar-refractivity contribution in [3.63, 3.8) is 0 Å². The highest BCUT2D eigenvalue weighted by Crippen LogP contribution is 2.34. The van der Waals surface area contributed by atoms with E-state index in [0.29, 0.717) is 27.0 Å². The average Bonchev–Trinajstić information content (AvgIpc) is 3.09. The molecule has 0 unspecified atom stereocenters. The first kappa shape index (κ1) is 19.3. The number of anilines is 1. The zero-order valence-electron chi connectivity index (χ0n) is 14.1. The summed E-state index contributed by atoms with van der Waals surface area (Å²) in [7, 11) is -3.31. The lowest BCUT2D eigenvalue weighted by Crippen LogP contribution is -2.17. The van der Waals surface area contributed by atoms with Crippen molar-refractivity contribution in [1.82, 2.24) is 9.78 Å². The first-order valence-electron chi connectivity index (χ1n) is 8.07. The van der Waals surface area contributed by atoms with Crippen LogP contribution >= 0.6 is 34.8 Å². The van der Waals surface area contributed by atoms with E-state index in [0.717, 1.165) is 0 Å². The number of amides is 1. The van der Waals surface area contributed by atoms with E-state index in [4.69, 9.17) is 34.8 Å². The standard InChI is InChI=1S/C18H12Cl3N3O3S/c19-10-2-1-3-12(6-10)24-17(14-8-28(26,27)9-16(14)23-24)22-18(25)13-7-11(20)4-5-15(13)21/h1-7H,8-9H2,(H,22,25). The Morgan fingerprint density at radius 2 is 1.79 bits per heavy atom. The normalized spacial score (nSPS) is 14.7. The van der Waals surface area contributed by atoms with Crippen molar-refractivity contribution in [2.24, 2.45) is 0 Å². The van der Waals surface area contributed by atoms with Gasteiger partial charge in [-0.3, -0.25) is 4.79 Å². The molecule has 2 aromatic carbocycles. The van der Waals surface area contributed by atoms with Gasteiger partial charge >= 0.3 is 0 Å². The number of aromatic nitrogens is 2. The van der Waals surface area contributed by atoms with E-state index in [9.17, 15) is 13.2 Å². The summed E-state index contributed by atoms with van der Waals surface area (Å²) in [5, 5.41) is 8.19. The zero-order chi connectivity index (χ0) is 20.1. The monoisotopic (exact) mass is 455 g/mol. The maximum atomic E-state index is 12.8. The minimum absolute atomic E-state index is 0.169. The van der Waals surface area contributed by atoms with Crippen LogP contribution in [-0.2, 0) is 21.3 Å². The maximum Gasteiger partial charge on any atom is 0.258 e. The molecule has 144 valence electrons. The van der Waals surface area contributed by atoms with Crippen molar-refractivity contribution < 1.29 is 13.2 Å². The molecule has 3 aromatic rings. The Balaban J connectivity index is 1.81. The molecule has 1 aliphatic rings. The number of fused-ring (bicyclic) bond motifs is 1. The number of hydrogen-bond acceptors (Lipinski definition) is 4. The molecule has 0 saturated heterocycles. The Hall–Kier alpha value is -2.06. The zero-order valence-corrected chi connectivity index (χ0v) is 17.2. The molecule has 2 heterocycles. The van der Waals surface area contributed by atoms with Gasteiger partial charge < -0.3 is 5.32 Å². The van der Waals surface area contributed by atoms with E-state index in [2.05, 4.69) is 10.4 Å². The number of sulfone groups is 1. The van der Waals surface area contributed by atoms with Crippen LogP contribution in [-0.4, -0.2) is 24.1 Å². The van der Waals surface area contributed by atoms with E-state index in [1.54, 1.807) is 30.3 Å². The molecule has 1 aromatic heterocycles. The van der Waals surface area contributed by atoms with E-state index >= 15 is 0 Å². The van der Waals surface area contributed by atoms with Gasteiger partial charge in [-0.2, -0.15) is 5.10 Å². The summed E-state index contributed by atoms with van der Waals surface area (Å²) in [5.74, 6) is -0.652. The van der Waals surface area contributed by atoms with Crippen LogP contribution in [0.15, 0.2) is 42.5 Å². The Bertz CT molecular complexity index is 1220. The summed E-state index contributed by atoms with van der Waals surface area (Å²) in [6.07, 6.45) is 0. The highest BCUT2D eigenvalue weighted by molar-refractivity contribution is 7.90. The lowest BCUT2D eigenvalue weighted by molar-refractivity contribution is 0.102. The van der Waals surface area contributed by atoms with Crippen LogP contribution in [0.5, 0.6) is 0 Å². The van der Waals surface area contributed by atoms with Gasteiger partial charge in [0.05, 0.1) is 33.5 Å². The van der Waals surface area contributed by atoms with E-state index in [1.165, 1.54) is 16.8 Å². The van der Waals surface area contributed by atoms with Crippen LogP contribution in [0, 0.1) is 0 Å². The minimum atomic E-state index is -3.31. The molecule has 0 spiro atoms. The third-order valence-corrected chi connectivity index (χ3v) is 6.49. The number of hydrogen-bond donors (Lipinski definition) is 1. The number of benzene rings is 2. The summed E-state index contributed by atoms with van der Waals surface area (Å²) >= 11 is 18.2. The molecule has 0 aliphatic carbocycles. The number of carbonyl (C=O) groups excluding carboxylic acids is 1. The van der Waals surface area contributed by atoms with Crippen LogP contribution in [0.3, 0.4) is 0 Å². The summed E-state index contributed by atoms with van der Waals surface area (Å²) in [6, 6.07) is 11.4. The van der Waals surface area contributed by atoms with Crippen molar-refractivity contribution in [2.75, 3.05) is 5.32 Å². The number of carbonyl (C=O) groups is 1. The highest BCUT2D eigenvalue weighted by atomic mass is 35.5. The van der Waals surface area contributed by atoms with E-state index in [-0.39, 0.29) is 27.9 Å². The molecule has 6 nitrogen and oxygen atoms in total. The Morgan fingerprint density at radius 3 is 2.54 bits per heavy atom. The summed E-state index contributed by atoms with van der Waals surface area (Å²) < 4.78 is 25.5. The molecule has 1 aliphatic heterocycles. The predicted molar refractivity (Wildman–Crippen MR) is 109 cm³/mol. The Labute approximate surface area is 175 Å². The molecule has 10 heteroatoms. The van der Waals surface area contributed by atoms with Crippen molar-refractivity contribution in [3.8, 4) is 5.69 Å². The number of nitrogens with one attached hydrogen (secondary N) is 1. The van der Waals surface area contributed by atoms with Gasteiger partial charge in [0.25, 0.3) is 5.91 Å². The SMILES string of the molecule is O=C(Nc1c2c(nn1-c1cccc(Cl)c1)CS(=O)(=O)C2)c1cc(Cl)ccc1Cl. The molecule has 0 radical (unpaired) electrons. The molecule has 0 atom stereocenters. The van der Waals surface area contributed by atoms with Gasteiger partial charge in [-0.15, -0.1) is 0 Å². The van der Waals surface area contributed by atoms with Crippen molar-refractivity contribution in [1.29, 1.82) is 0 Å². The van der Waals surface area contributed by atoms with Crippen LogP contribution < -0.4 is 5.32 Å². The minimum Gasteiger partial charge on any atom is -0.306 e. The summed E-state index contributed by atoms with van der Waals surface area (Å²) in [5.41, 5.74) is 1.60. The predicted octanol–water partition coefficient (Wildman–Crippen LogP) is 4.51. The molecule has 0 bridgehead atoms. The maximum absolute atomic E-state index is 12.8. The molecule has 1 N–H and O–H groups in total. The molecule has 1 amide bonds. The Kier molecular flexibility index (Phi) is 4.87. The number of rotatable bonds is 3. The van der Waals surface area contributed by atoms with Gasteiger partial charge in [0.2, 0.25) is 0 Å². The van der Waals surface area contributed by atoms with E-state index in [1.807, 2.05) is 0 Å². The van der Waals surface area contributed by atoms with Gasteiger partial charge in [0.1, 0.15) is 5.82 Å². The van der Waals surface area contributed by atoms with Crippen molar-refractivity contribution >= 4 is 56.4 Å². The van der Waals surface area contributed by atoms with Crippen molar-refractivity contribution in [2.45, 2.75) is 11.5 Å². The van der Waals surface area contributed by atoms with Gasteiger partial charge in [0.15, 0.2) is 9.84 Å². The second-order valence-corrected chi connectivity index (χ2v) is 9.62. The number of halogens is 3. The number of nitrogens with zero attached hydrogens (tertiary/aromatic N) is 2. The fourth-order valence-corrected chi connectivity index (χ4v) is 5.07. The lowest BCUT2D eigenvalue weighted by atomic mass is 10.2. The van der Waals surface area contributed by atoms with Crippen LogP contribution in [0.4, 0.5) is 5.82 Å². The third kappa shape index (κ3) is 3.63. The van der Waals surface area contributed by atoms with Crippen molar-refractivity contribution in [3.05, 3.63) is 74.4 Å². The first-order chi connectivity index (χ1) is 13.2. The fourth-order valence-electron chi connectivity index (χ4n) is 3.01. The van der Waals surface area contributed by atoms with Crippen LogP contribution in [0.25, 0.3) is 5.69 Å². The molecular formula is C18H12Cl3N3O3S. The first-order valence-corrected chi connectivity index (χ1v) is 11.0. The summed E-state index contributed by atoms with van der Waals surface area (Å²) in [4.78, 5) is 12.8. The lowest BCUT2D eigenvalue weighted by Gasteiger charge is -2.12. The smallest absolute Gasteiger partial charge is 0.258 e. The molecule has 28 heavy (non-hydrogen) atoms. The van der Waals surface area contributed by atoms with Crippen LogP contribution in [0.1, 0.15) is 21.6 Å². The Morgan fingerprint density at radius 1 is 1.04 bits per heavy atom. The largest absolute Gasteiger partial charge is 0.306 e. The molecule has 0 saturated carbocycles. The average molecular weight is 457 g/mol. The van der Waals surface area contributed by atoms with Gasteiger partial charge in [-0.05, 0) is 36.4 Å². The second-order valence-electron chi connectivity index (χ2n) is 6.28. The van der Waals surface area contributed by atoms with E-state index < -0.39 is 15.7 Å². The second kappa shape index (κ2) is 7.08. The van der Waals surface area contributed by atoms with Gasteiger partial charge in [-0.25, -0.2) is 13.1 Å². The topological polar surface area (TPSA) is 81.1 Å². The fraction of sp³-hybridized carbons (Fsp3) is 0.111. The third-order valence-electron chi connectivity index (χ3n) is 4.25. The van der Waals surface area contributed by atoms with Gasteiger partial charge in [-0.1, -0.05) is 40.9 Å². The molecule has 4 rings (SSSR count). The summed E-state index contributed by atoms with van der Waals surface area (Å²) in [6.45, 7) is 0. The van der Waals surface area contributed by atoms with Gasteiger partial charge in [0, 0.05) is 15.6 Å². The quantitative estimate of drug-likeness (QED) is 0.628. The van der Waals surface area contributed by atoms with Crippen LogP contribution in [0.2, 0.25) is 15.1 Å². The molecular weight excluding hydrogens is 445 g/mol.